The number of anilines is 1. The lowest BCUT2D eigenvalue weighted by Gasteiger charge is -2.11. The molecule has 82 valence electrons. The van der Waals surface area contributed by atoms with Crippen LogP contribution in [0.25, 0.3) is 0 Å². The highest BCUT2D eigenvalue weighted by Gasteiger charge is 2.18. The van der Waals surface area contributed by atoms with Crippen LogP contribution in [0.2, 0.25) is 5.15 Å². The summed E-state index contributed by atoms with van der Waals surface area (Å²) in [5.41, 5.74) is 0. The van der Waals surface area contributed by atoms with E-state index >= 15 is 0 Å². The number of likely N-dealkylation sites (tertiary alicyclic amines) is 1. The first-order chi connectivity index (χ1) is 7.24. The highest BCUT2D eigenvalue weighted by molar-refractivity contribution is 6.29. The molecule has 0 amide bonds. The van der Waals surface area contributed by atoms with Crippen LogP contribution >= 0.6 is 11.6 Å². The average Bonchev–Trinajstić information content (AvgIpc) is 2.64. The van der Waals surface area contributed by atoms with Gasteiger partial charge in [0.25, 0.3) is 0 Å². The van der Waals surface area contributed by atoms with Gasteiger partial charge in [-0.05, 0) is 38.1 Å². The van der Waals surface area contributed by atoms with Crippen molar-refractivity contribution in [1.82, 2.24) is 15.1 Å². The maximum absolute atomic E-state index is 5.65. The lowest BCUT2D eigenvalue weighted by Crippen LogP contribution is -2.19. The molecule has 1 atom stereocenters. The normalized spacial score (nSPS) is 21.9. The van der Waals surface area contributed by atoms with Gasteiger partial charge < -0.3 is 10.2 Å². The minimum absolute atomic E-state index is 0.432. The number of nitrogens with one attached hydrogen (secondary N) is 1. The first-order valence-electron chi connectivity index (χ1n) is 5.15. The Kier molecular flexibility index (Phi) is 3.38. The molecular formula is C10H15ClN4. The molecule has 4 nitrogen and oxygen atoms in total. The lowest BCUT2D eigenvalue weighted by molar-refractivity contribution is 0.399. The van der Waals surface area contributed by atoms with Crippen molar-refractivity contribution in [3.05, 3.63) is 17.3 Å². The minimum atomic E-state index is 0.432. The van der Waals surface area contributed by atoms with Crippen LogP contribution in [0.3, 0.4) is 0 Å². The van der Waals surface area contributed by atoms with E-state index in [4.69, 9.17) is 11.6 Å². The van der Waals surface area contributed by atoms with Crippen LogP contribution in [0, 0.1) is 5.92 Å². The van der Waals surface area contributed by atoms with Gasteiger partial charge in [0.15, 0.2) is 5.15 Å². The molecule has 0 aromatic carbocycles. The predicted molar refractivity (Wildman–Crippen MR) is 61.1 cm³/mol. The second kappa shape index (κ2) is 4.77. The quantitative estimate of drug-likeness (QED) is 0.848. The smallest absolute Gasteiger partial charge is 0.151 e. The van der Waals surface area contributed by atoms with Crippen LogP contribution in [-0.4, -0.2) is 41.8 Å². The van der Waals surface area contributed by atoms with Gasteiger partial charge in [-0.2, -0.15) is 0 Å². The molecule has 0 radical (unpaired) electrons. The molecule has 15 heavy (non-hydrogen) atoms. The highest BCUT2D eigenvalue weighted by Crippen LogP contribution is 2.15. The summed E-state index contributed by atoms with van der Waals surface area (Å²) in [7, 11) is 2.15. The molecule has 0 saturated carbocycles. The second-order valence-corrected chi connectivity index (χ2v) is 4.43. The molecule has 1 N–H and O–H groups in total. The molecule has 1 aromatic heterocycles. The zero-order valence-electron chi connectivity index (χ0n) is 8.78. The second-order valence-electron chi connectivity index (χ2n) is 4.04. The monoisotopic (exact) mass is 226 g/mol. The minimum Gasteiger partial charge on any atom is -0.368 e. The predicted octanol–water partition coefficient (Wildman–Crippen LogP) is 1.49. The van der Waals surface area contributed by atoms with E-state index in [-0.39, 0.29) is 0 Å². The molecular weight excluding hydrogens is 212 g/mol. The average molecular weight is 227 g/mol. The van der Waals surface area contributed by atoms with Crippen LogP contribution in [0.15, 0.2) is 12.1 Å². The van der Waals surface area contributed by atoms with Crippen molar-refractivity contribution in [1.29, 1.82) is 0 Å². The summed E-state index contributed by atoms with van der Waals surface area (Å²) in [5, 5.41) is 11.4. The summed E-state index contributed by atoms with van der Waals surface area (Å²) < 4.78 is 0. The van der Waals surface area contributed by atoms with E-state index in [1.165, 1.54) is 13.0 Å². The van der Waals surface area contributed by atoms with E-state index in [0.717, 1.165) is 18.9 Å². The highest BCUT2D eigenvalue weighted by atomic mass is 35.5. The Balaban J connectivity index is 1.80. The van der Waals surface area contributed by atoms with Crippen molar-refractivity contribution >= 4 is 17.4 Å². The summed E-state index contributed by atoms with van der Waals surface area (Å²) in [5.74, 6) is 1.52. The van der Waals surface area contributed by atoms with Gasteiger partial charge in [-0.1, -0.05) is 11.6 Å². The van der Waals surface area contributed by atoms with Gasteiger partial charge in [0, 0.05) is 13.1 Å². The largest absolute Gasteiger partial charge is 0.368 e. The summed E-state index contributed by atoms with van der Waals surface area (Å²) in [6.45, 7) is 3.31. The van der Waals surface area contributed by atoms with E-state index in [0.29, 0.717) is 11.1 Å². The maximum atomic E-state index is 5.65. The van der Waals surface area contributed by atoms with Gasteiger partial charge in [-0.15, -0.1) is 10.2 Å². The van der Waals surface area contributed by atoms with E-state index in [1.807, 2.05) is 6.07 Å². The fourth-order valence-corrected chi connectivity index (χ4v) is 1.95. The Morgan fingerprint density at radius 3 is 3.00 bits per heavy atom. The standard InChI is InChI=1S/C10H15ClN4/c1-15-5-4-8(7-15)6-12-10-3-2-9(11)13-14-10/h2-3,8H,4-7H2,1H3,(H,12,14). The van der Waals surface area contributed by atoms with Gasteiger partial charge in [0.1, 0.15) is 5.82 Å². The van der Waals surface area contributed by atoms with Crippen LogP contribution in [-0.2, 0) is 0 Å². The Labute approximate surface area is 94.6 Å². The Bertz CT molecular complexity index is 314. The van der Waals surface area contributed by atoms with Gasteiger partial charge in [-0.3, -0.25) is 0 Å². The van der Waals surface area contributed by atoms with E-state index < -0.39 is 0 Å². The van der Waals surface area contributed by atoms with Crippen molar-refractivity contribution in [2.24, 2.45) is 5.92 Å². The first-order valence-corrected chi connectivity index (χ1v) is 5.53. The zero-order chi connectivity index (χ0) is 10.7. The van der Waals surface area contributed by atoms with Crippen LogP contribution in [0.4, 0.5) is 5.82 Å². The van der Waals surface area contributed by atoms with Crippen LogP contribution in [0.1, 0.15) is 6.42 Å². The molecule has 0 bridgehead atoms. The summed E-state index contributed by atoms with van der Waals surface area (Å²) in [6, 6.07) is 3.60. The first kappa shape index (κ1) is 10.6. The Morgan fingerprint density at radius 2 is 2.40 bits per heavy atom. The molecule has 1 aliphatic rings. The number of aromatic nitrogens is 2. The molecule has 1 aromatic rings. The molecule has 2 rings (SSSR count). The third-order valence-electron chi connectivity index (χ3n) is 2.69. The van der Waals surface area contributed by atoms with Crippen LogP contribution < -0.4 is 5.32 Å². The van der Waals surface area contributed by atoms with Gasteiger partial charge in [0.05, 0.1) is 0 Å². The molecule has 1 saturated heterocycles. The van der Waals surface area contributed by atoms with Crippen molar-refractivity contribution < 1.29 is 0 Å². The summed E-state index contributed by atoms with van der Waals surface area (Å²) >= 11 is 5.65. The molecule has 5 heteroatoms. The SMILES string of the molecule is CN1CCC(CNc2ccc(Cl)nn2)C1. The van der Waals surface area contributed by atoms with Crippen molar-refractivity contribution in [2.75, 3.05) is 32.0 Å². The summed E-state index contributed by atoms with van der Waals surface area (Å²) in [4.78, 5) is 2.35. The Hall–Kier alpha value is -0.870. The molecule has 1 unspecified atom stereocenters. The third kappa shape index (κ3) is 3.04. The molecule has 0 aliphatic carbocycles. The maximum Gasteiger partial charge on any atom is 0.151 e. The number of hydrogen-bond acceptors (Lipinski definition) is 4. The number of hydrogen-bond donors (Lipinski definition) is 1. The van der Waals surface area contributed by atoms with Crippen LogP contribution in [0.5, 0.6) is 0 Å². The fourth-order valence-electron chi connectivity index (χ4n) is 1.85. The van der Waals surface area contributed by atoms with E-state index in [2.05, 4.69) is 27.5 Å². The zero-order valence-corrected chi connectivity index (χ0v) is 9.54. The van der Waals surface area contributed by atoms with Gasteiger partial charge in [0.2, 0.25) is 0 Å². The van der Waals surface area contributed by atoms with Gasteiger partial charge >= 0.3 is 0 Å². The van der Waals surface area contributed by atoms with Crippen molar-refractivity contribution in [3.8, 4) is 0 Å². The van der Waals surface area contributed by atoms with E-state index in [9.17, 15) is 0 Å². The topological polar surface area (TPSA) is 41.0 Å². The van der Waals surface area contributed by atoms with E-state index in [1.54, 1.807) is 6.07 Å². The van der Waals surface area contributed by atoms with Crippen molar-refractivity contribution in [3.63, 3.8) is 0 Å². The molecule has 1 fully saturated rings. The Morgan fingerprint density at radius 1 is 1.53 bits per heavy atom. The fraction of sp³-hybridized carbons (Fsp3) is 0.600. The molecule has 0 spiro atoms. The lowest BCUT2D eigenvalue weighted by atomic mass is 10.1. The van der Waals surface area contributed by atoms with Crippen molar-refractivity contribution in [2.45, 2.75) is 6.42 Å². The molecule has 2 heterocycles. The number of rotatable bonds is 3. The molecule has 1 aliphatic heterocycles. The number of nitrogens with zero attached hydrogens (tertiary/aromatic N) is 3. The van der Waals surface area contributed by atoms with Gasteiger partial charge in [-0.25, -0.2) is 0 Å². The summed E-state index contributed by atoms with van der Waals surface area (Å²) in [6.07, 6.45) is 1.25. The number of halogens is 1. The third-order valence-corrected chi connectivity index (χ3v) is 2.89.